The molecule has 1 rings (SSSR count). The maximum Gasteiger partial charge on any atom is 0.302 e. The summed E-state index contributed by atoms with van der Waals surface area (Å²) in [5, 5.41) is 18.2. The molecule has 0 spiro atoms. The quantitative estimate of drug-likeness (QED) is 0.585. The molecule has 0 radical (unpaired) electrons. The molecule has 1 aromatic rings. The van der Waals surface area contributed by atoms with E-state index in [4.69, 9.17) is 5.11 Å². The van der Waals surface area contributed by atoms with Crippen molar-refractivity contribution in [1.82, 2.24) is 0 Å². The molecule has 4 nitrogen and oxygen atoms in total. The Morgan fingerprint density at radius 1 is 1.40 bits per heavy atom. The summed E-state index contributed by atoms with van der Waals surface area (Å²) in [7, 11) is 0. The number of carbonyl (C=O) groups excluding carboxylic acids is 1. The lowest BCUT2D eigenvalue weighted by atomic mass is 10.2. The molecule has 0 aliphatic carbocycles. The molecule has 0 aliphatic rings. The zero-order chi connectivity index (χ0) is 11.3. The van der Waals surface area contributed by atoms with Crippen LogP contribution in [0.4, 0.5) is 0 Å². The van der Waals surface area contributed by atoms with Crippen molar-refractivity contribution < 1.29 is 19.7 Å². The fourth-order valence-electron chi connectivity index (χ4n) is 0.994. The van der Waals surface area contributed by atoms with Crippen molar-refractivity contribution in [1.29, 1.82) is 0 Å². The van der Waals surface area contributed by atoms with Crippen LogP contribution in [0.3, 0.4) is 0 Å². The molecule has 0 aromatic heterocycles. The Morgan fingerprint density at radius 3 is 2.73 bits per heavy atom. The van der Waals surface area contributed by atoms with Gasteiger partial charge in [0.05, 0.1) is 0 Å². The van der Waals surface area contributed by atoms with Crippen LogP contribution in [0.15, 0.2) is 24.3 Å². The van der Waals surface area contributed by atoms with Gasteiger partial charge in [-0.25, -0.2) is 0 Å². The van der Waals surface area contributed by atoms with Gasteiger partial charge in [-0.05, 0) is 23.8 Å². The average Bonchev–Trinajstić information content (AvgIpc) is 2.18. The number of hydrogen-bond acceptors (Lipinski definition) is 4. The number of ether oxygens (including phenoxy) is 1. The van der Waals surface area contributed by atoms with Gasteiger partial charge < -0.3 is 14.9 Å². The van der Waals surface area contributed by atoms with Crippen LogP contribution in [0.1, 0.15) is 12.5 Å². The third kappa shape index (κ3) is 3.72. The van der Waals surface area contributed by atoms with Crippen molar-refractivity contribution in [2.45, 2.75) is 6.92 Å². The number of carbonyl (C=O) groups is 1. The Hall–Kier alpha value is -1.97. The lowest BCUT2D eigenvalue weighted by Gasteiger charge is -1.98. The molecule has 0 saturated carbocycles. The van der Waals surface area contributed by atoms with E-state index in [-0.39, 0.29) is 24.1 Å². The van der Waals surface area contributed by atoms with E-state index >= 15 is 0 Å². The molecule has 15 heavy (non-hydrogen) atoms. The van der Waals surface area contributed by atoms with Gasteiger partial charge in [-0.3, -0.25) is 4.79 Å². The van der Waals surface area contributed by atoms with Crippen molar-refractivity contribution in [3.63, 3.8) is 0 Å². The Morgan fingerprint density at radius 2 is 2.13 bits per heavy atom. The molecule has 80 valence electrons. The fraction of sp³-hybridized carbons (Fsp3) is 0.182. The first-order valence-corrected chi connectivity index (χ1v) is 4.41. The standard InChI is InChI=1S/C11H12O4/c1-8(12)15-6-2-3-9-4-5-10(13)11(14)7-9/h2-5,7,13-14H,6H2,1H3. The SMILES string of the molecule is CC(=O)OCC=Cc1ccc(O)c(O)c1. The minimum atomic E-state index is -0.340. The maximum atomic E-state index is 10.4. The molecule has 0 saturated heterocycles. The van der Waals surface area contributed by atoms with Crippen LogP contribution < -0.4 is 0 Å². The molecular weight excluding hydrogens is 196 g/mol. The number of esters is 1. The second-order valence-electron chi connectivity index (χ2n) is 2.95. The highest BCUT2D eigenvalue weighted by Crippen LogP contribution is 2.25. The zero-order valence-electron chi connectivity index (χ0n) is 8.30. The highest BCUT2D eigenvalue weighted by molar-refractivity contribution is 5.66. The summed E-state index contributed by atoms with van der Waals surface area (Å²) in [6.07, 6.45) is 3.33. The van der Waals surface area contributed by atoms with E-state index in [1.54, 1.807) is 18.2 Å². The van der Waals surface area contributed by atoms with Crippen molar-refractivity contribution in [2.24, 2.45) is 0 Å². The van der Waals surface area contributed by atoms with Crippen molar-refractivity contribution >= 4 is 12.0 Å². The topological polar surface area (TPSA) is 66.8 Å². The third-order valence-corrected chi connectivity index (χ3v) is 1.69. The highest BCUT2D eigenvalue weighted by Gasteiger charge is 1.97. The van der Waals surface area contributed by atoms with Crippen LogP contribution >= 0.6 is 0 Å². The minimum absolute atomic E-state index is 0.160. The molecule has 0 fully saturated rings. The van der Waals surface area contributed by atoms with Crippen molar-refractivity contribution in [3.05, 3.63) is 29.8 Å². The molecule has 0 heterocycles. The van der Waals surface area contributed by atoms with Crippen LogP contribution in [0, 0.1) is 0 Å². The molecular formula is C11H12O4. The van der Waals surface area contributed by atoms with Gasteiger partial charge in [0.25, 0.3) is 0 Å². The van der Waals surface area contributed by atoms with Crippen molar-refractivity contribution in [3.8, 4) is 11.5 Å². The van der Waals surface area contributed by atoms with Gasteiger partial charge in [-0.1, -0.05) is 12.1 Å². The average molecular weight is 208 g/mol. The van der Waals surface area contributed by atoms with Crippen LogP contribution in [-0.2, 0) is 9.53 Å². The Balaban J connectivity index is 2.57. The fourth-order valence-corrected chi connectivity index (χ4v) is 0.994. The predicted molar refractivity (Wildman–Crippen MR) is 55.4 cm³/mol. The van der Waals surface area contributed by atoms with Crippen LogP contribution in [-0.4, -0.2) is 22.8 Å². The second-order valence-corrected chi connectivity index (χ2v) is 2.95. The molecule has 4 heteroatoms. The van der Waals surface area contributed by atoms with Gasteiger partial charge >= 0.3 is 5.97 Å². The summed E-state index contributed by atoms with van der Waals surface area (Å²) >= 11 is 0. The summed E-state index contributed by atoms with van der Waals surface area (Å²) in [5.74, 6) is -0.676. The number of hydrogen-bond donors (Lipinski definition) is 2. The largest absolute Gasteiger partial charge is 0.504 e. The first-order valence-electron chi connectivity index (χ1n) is 4.41. The molecule has 0 atom stereocenters. The lowest BCUT2D eigenvalue weighted by Crippen LogP contribution is -1.97. The van der Waals surface area contributed by atoms with Crippen LogP contribution in [0.2, 0.25) is 0 Å². The molecule has 0 aliphatic heterocycles. The molecule has 1 aromatic carbocycles. The number of phenolic OH excluding ortho intramolecular Hbond substituents is 2. The Bertz CT molecular complexity index is 382. The summed E-state index contributed by atoms with van der Waals surface area (Å²) in [5.41, 5.74) is 0.720. The molecule has 2 N–H and O–H groups in total. The van der Waals surface area contributed by atoms with Gasteiger partial charge in [0.1, 0.15) is 6.61 Å². The van der Waals surface area contributed by atoms with Crippen molar-refractivity contribution in [2.75, 3.05) is 6.61 Å². The van der Waals surface area contributed by atoms with E-state index in [0.717, 1.165) is 5.56 Å². The number of aromatic hydroxyl groups is 2. The minimum Gasteiger partial charge on any atom is -0.504 e. The molecule has 0 unspecified atom stereocenters. The van der Waals surface area contributed by atoms with E-state index in [2.05, 4.69) is 4.74 Å². The van der Waals surface area contributed by atoms with Gasteiger partial charge in [0.2, 0.25) is 0 Å². The predicted octanol–water partition coefficient (Wildman–Crippen LogP) is 1.67. The summed E-state index contributed by atoms with van der Waals surface area (Å²) in [6, 6.07) is 4.44. The third-order valence-electron chi connectivity index (χ3n) is 1.69. The van der Waals surface area contributed by atoms with Gasteiger partial charge in [0, 0.05) is 6.92 Å². The molecule has 0 amide bonds. The Kier molecular flexibility index (Phi) is 3.74. The summed E-state index contributed by atoms with van der Waals surface area (Å²) < 4.78 is 4.68. The first-order chi connectivity index (χ1) is 7.09. The smallest absolute Gasteiger partial charge is 0.302 e. The van der Waals surface area contributed by atoms with E-state index in [1.165, 1.54) is 19.1 Å². The van der Waals surface area contributed by atoms with E-state index in [9.17, 15) is 9.90 Å². The number of phenols is 2. The van der Waals surface area contributed by atoms with Crippen LogP contribution in [0.25, 0.3) is 6.08 Å². The molecule has 0 bridgehead atoms. The maximum absolute atomic E-state index is 10.4. The van der Waals surface area contributed by atoms with Gasteiger partial charge in [0.15, 0.2) is 11.5 Å². The normalized spacial score (nSPS) is 10.5. The number of rotatable bonds is 3. The van der Waals surface area contributed by atoms with E-state index in [0.29, 0.717) is 0 Å². The summed E-state index contributed by atoms with van der Waals surface area (Å²) in [4.78, 5) is 10.4. The zero-order valence-corrected chi connectivity index (χ0v) is 8.30. The Labute approximate surface area is 87.4 Å². The van der Waals surface area contributed by atoms with E-state index in [1.807, 2.05) is 0 Å². The highest BCUT2D eigenvalue weighted by atomic mass is 16.5. The number of benzene rings is 1. The van der Waals surface area contributed by atoms with E-state index < -0.39 is 0 Å². The summed E-state index contributed by atoms with van der Waals surface area (Å²) in [6.45, 7) is 1.52. The van der Waals surface area contributed by atoms with Crippen LogP contribution in [0.5, 0.6) is 11.5 Å². The second kappa shape index (κ2) is 5.05. The first kappa shape index (κ1) is 11.1. The van der Waals surface area contributed by atoms with Gasteiger partial charge in [-0.2, -0.15) is 0 Å². The lowest BCUT2D eigenvalue weighted by molar-refractivity contribution is -0.139. The van der Waals surface area contributed by atoms with Gasteiger partial charge in [-0.15, -0.1) is 0 Å². The monoisotopic (exact) mass is 208 g/mol.